The fourth-order valence-corrected chi connectivity index (χ4v) is 5.41. The van der Waals surface area contributed by atoms with E-state index in [1.807, 2.05) is 23.5 Å². The van der Waals surface area contributed by atoms with Crippen molar-refractivity contribution >= 4 is 35.5 Å². The van der Waals surface area contributed by atoms with Crippen LogP contribution < -0.4 is 0 Å². The van der Waals surface area contributed by atoms with E-state index >= 15 is 0 Å². The molecule has 0 amide bonds. The Morgan fingerprint density at radius 1 is 1.00 bits per heavy atom. The first-order chi connectivity index (χ1) is 15.4. The molecule has 0 spiro atoms. The van der Waals surface area contributed by atoms with Gasteiger partial charge in [0.15, 0.2) is 0 Å². The summed E-state index contributed by atoms with van der Waals surface area (Å²) in [6.45, 7) is 4.67. The van der Waals surface area contributed by atoms with E-state index in [-0.39, 0.29) is 0 Å². The fourth-order valence-electron chi connectivity index (χ4n) is 3.83. The van der Waals surface area contributed by atoms with Crippen molar-refractivity contribution in [2.24, 2.45) is 0 Å². The van der Waals surface area contributed by atoms with E-state index < -0.39 is 11.9 Å². The van der Waals surface area contributed by atoms with Crippen LogP contribution in [-0.2, 0) is 16.0 Å². The van der Waals surface area contributed by atoms with Gasteiger partial charge in [0.1, 0.15) is 0 Å². The molecule has 0 saturated carbocycles. The lowest BCUT2D eigenvalue weighted by Gasteiger charge is -2.38. The molecule has 2 N–H and O–H groups in total. The van der Waals surface area contributed by atoms with Gasteiger partial charge < -0.3 is 15.1 Å². The second-order valence-electron chi connectivity index (χ2n) is 7.68. The first-order valence-electron chi connectivity index (χ1n) is 10.4. The summed E-state index contributed by atoms with van der Waals surface area (Å²) in [6.07, 6.45) is 4.40. The molecular formula is C24H28N2O4S2. The first-order valence-corrected chi connectivity index (χ1v) is 12.4. The Hall–Kier alpha value is -2.26. The summed E-state index contributed by atoms with van der Waals surface area (Å²) in [5, 5.41) is 15.6. The summed E-state index contributed by atoms with van der Waals surface area (Å²) in [4.78, 5) is 28.5. The van der Waals surface area contributed by atoms with Gasteiger partial charge in [-0.05, 0) is 55.1 Å². The van der Waals surface area contributed by atoms with Crippen LogP contribution in [0.1, 0.15) is 17.2 Å². The molecule has 32 heavy (non-hydrogen) atoms. The van der Waals surface area contributed by atoms with Crippen molar-refractivity contribution in [1.29, 1.82) is 0 Å². The van der Waals surface area contributed by atoms with Gasteiger partial charge in [-0.25, -0.2) is 9.59 Å². The number of fused-ring (bicyclic) bond motifs is 2. The Morgan fingerprint density at radius 3 is 2.28 bits per heavy atom. The number of piperazine rings is 1. The van der Waals surface area contributed by atoms with Crippen LogP contribution in [0.4, 0.5) is 0 Å². The molecule has 0 bridgehead atoms. The van der Waals surface area contributed by atoms with Crippen LogP contribution in [0.2, 0.25) is 0 Å². The summed E-state index contributed by atoms with van der Waals surface area (Å²) in [5.74, 6) is -2.51. The summed E-state index contributed by atoms with van der Waals surface area (Å²) in [7, 11) is 2.23. The van der Waals surface area contributed by atoms with Gasteiger partial charge in [0.25, 0.3) is 0 Å². The minimum atomic E-state index is -1.26. The van der Waals surface area contributed by atoms with Crippen molar-refractivity contribution in [2.75, 3.05) is 39.5 Å². The topological polar surface area (TPSA) is 81.1 Å². The molecule has 1 saturated heterocycles. The maximum atomic E-state index is 9.55. The average Bonchev–Trinajstić information content (AvgIpc) is 2.95. The number of carboxylic acid groups (broad SMARTS) is 2. The molecule has 2 aromatic carbocycles. The quantitative estimate of drug-likeness (QED) is 0.508. The zero-order valence-electron chi connectivity index (χ0n) is 18.2. The second kappa shape index (κ2) is 11.6. The summed E-state index contributed by atoms with van der Waals surface area (Å²) in [5.41, 5.74) is 3.01. The van der Waals surface area contributed by atoms with Crippen LogP contribution in [0.15, 0.2) is 69.3 Å². The van der Waals surface area contributed by atoms with Gasteiger partial charge in [-0.2, -0.15) is 0 Å². The van der Waals surface area contributed by atoms with Gasteiger partial charge in [0.05, 0.1) is 0 Å². The number of hydrogen-bond donors (Lipinski definition) is 2. The number of carboxylic acids is 2. The largest absolute Gasteiger partial charge is 0.478 e. The van der Waals surface area contributed by atoms with Crippen LogP contribution in [0, 0.1) is 0 Å². The van der Waals surface area contributed by atoms with Crippen LogP contribution in [-0.4, -0.2) is 71.4 Å². The smallest absolute Gasteiger partial charge is 0.328 e. The number of likely N-dealkylation sites (N-methyl/N-ethyl adjacent to an activating group) is 1. The lowest BCUT2D eigenvalue weighted by Crippen LogP contribution is -2.46. The predicted molar refractivity (Wildman–Crippen MR) is 129 cm³/mol. The number of thioether (sulfide) groups is 1. The van der Waals surface area contributed by atoms with Crippen molar-refractivity contribution in [3.05, 3.63) is 65.7 Å². The van der Waals surface area contributed by atoms with Crippen LogP contribution in [0.3, 0.4) is 0 Å². The van der Waals surface area contributed by atoms with Gasteiger partial charge in [-0.3, -0.25) is 4.90 Å². The normalized spacial score (nSPS) is 18.8. The van der Waals surface area contributed by atoms with E-state index in [9.17, 15) is 9.59 Å². The maximum Gasteiger partial charge on any atom is 0.328 e. The first kappa shape index (κ1) is 24.4. The highest BCUT2D eigenvalue weighted by Gasteiger charge is 2.29. The van der Waals surface area contributed by atoms with Gasteiger partial charge in [-0.15, -0.1) is 11.8 Å². The fraction of sp³-hybridized carbons (Fsp3) is 0.333. The minimum absolute atomic E-state index is 0.501. The Labute approximate surface area is 197 Å². The summed E-state index contributed by atoms with van der Waals surface area (Å²) in [6, 6.07) is 16.5. The molecule has 1 unspecified atom stereocenters. The minimum Gasteiger partial charge on any atom is -0.478 e. The van der Waals surface area contributed by atoms with E-state index in [1.165, 1.54) is 38.9 Å². The predicted octanol–water partition coefficient (Wildman–Crippen LogP) is 4.12. The lowest BCUT2D eigenvalue weighted by molar-refractivity contribution is -0.134. The van der Waals surface area contributed by atoms with E-state index in [0.717, 1.165) is 19.5 Å². The third-order valence-electron chi connectivity index (χ3n) is 5.53. The van der Waals surface area contributed by atoms with Crippen molar-refractivity contribution in [3.8, 4) is 0 Å². The van der Waals surface area contributed by atoms with E-state index in [4.69, 9.17) is 10.2 Å². The van der Waals surface area contributed by atoms with E-state index in [2.05, 4.69) is 65.6 Å². The van der Waals surface area contributed by atoms with Crippen LogP contribution in [0.5, 0.6) is 0 Å². The second-order valence-corrected chi connectivity index (χ2v) is 9.65. The number of benzene rings is 2. The van der Waals surface area contributed by atoms with Gasteiger partial charge >= 0.3 is 11.9 Å². The average molecular weight is 473 g/mol. The standard InChI is InChI=1S/C20H24N2S2.C4H4O4/c1-21-9-11-22(12-10-21)18-14-15-13-16(23-2)7-8-19(15)24-20-6-4-3-5-17(18)20;5-3(6)1-2-4(7)8/h3-8,13,18H,9-12,14H2,1-2H3;1-2H,(H,5,6)(H,7,8)/b;2-1-. The summed E-state index contributed by atoms with van der Waals surface area (Å²) < 4.78 is 0. The van der Waals surface area contributed by atoms with Crippen molar-refractivity contribution in [3.63, 3.8) is 0 Å². The molecule has 0 aromatic heterocycles. The zero-order chi connectivity index (χ0) is 23.1. The number of rotatable bonds is 4. The third kappa shape index (κ3) is 6.62. The molecule has 2 aromatic rings. The third-order valence-corrected chi connectivity index (χ3v) is 7.46. The molecular weight excluding hydrogens is 444 g/mol. The number of hydrogen-bond acceptors (Lipinski definition) is 6. The Bertz CT molecular complexity index is 972. The maximum absolute atomic E-state index is 9.55. The highest BCUT2D eigenvalue weighted by atomic mass is 32.2. The van der Waals surface area contributed by atoms with Gasteiger partial charge in [-0.1, -0.05) is 30.0 Å². The van der Waals surface area contributed by atoms with Gasteiger partial charge in [0.2, 0.25) is 0 Å². The van der Waals surface area contributed by atoms with Crippen molar-refractivity contribution in [1.82, 2.24) is 9.80 Å². The number of nitrogens with zero attached hydrogens (tertiary/aromatic N) is 2. The number of aliphatic carboxylic acids is 2. The highest BCUT2D eigenvalue weighted by Crippen LogP contribution is 2.43. The molecule has 8 heteroatoms. The molecule has 6 nitrogen and oxygen atoms in total. The molecule has 2 aliphatic rings. The molecule has 0 radical (unpaired) electrons. The number of carbonyl (C=O) groups is 2. The monoisotopic (exact) mass is 472 g/mol. The highest BCUT2D eigenvalue weighted by molar-refractivity contribution is 7.99. The van der Waals surface area contributed by atoms with E-state index in [0.29, 0.717) is 18.2 Å². The molecule has 4 rings (SSSR count). The molecule has 1 atom stereocenters. The Kier molecular flexibility index (Phi) is 8.81. The Balaban J connectivity index is 0.000000312. The van der Waals surface area contributed by atoms with Crippen molar-refractivity contribution in [2.45, 2.75) is 27.1 Å². The van der Waals surface area contributed by atoms with Crippen LogP contribution >= 0.6 is 23.5 Å². The van der Waals surface area contributed by atoms with Crippen molar-refractivity contribution < 1.29 is 19.8 Å². The SMILES string of the molecule is CSc1ccc2c(c1)CC(N1CCN(C)CC1)c1ccccc1S2.O=C(O)/C=C\C(=O)O. The molecule has 0 aliphatic carbocycles. The zero-order valence-corrected chi connectivity index (χ0v) is 19.9. The summed E-state index contributed by atoms with van der Waals surface area (Å²) >= 11 is 3.78. The Morgan fingerprint density at radius 2 is 1.66 bits per heavy atom. The molecule has 1 fully saturated rings. The van der Waals surface area contributed by atoms with Gasteiger partial charge in [0, 0.05) is 59.1 Å². The molecule has 2 aliphatic heterocycles. The molecule has 2 heterocycles. The molecule has 170 valence electrons. The van der Waals surface area contributed by atoms with Crippen LogP contribution in [0.25, 0.3) is 0 Å². The van der Waals surface area contributed by atoms with E-state index in [1.54, 1.807) is 0 Å². The lowest BCUT2D eigenvalue weighted by atomic mass is 9.96.